The molecule has 1 atom stereocenters. The van der Waals surface area contributed by atoms with Gasteiger partial charge in [0.25, 0.3) is 0 Å². The lowest BCUT2D eigenvalue weighted by atomic mass is 10.3. The van der Waals surface area contributed by atoms with Crippen LogP contribution < -0.4 is 4.74 Å². The summed E-state index contributed by atoms with van der Waals surface area (Å²) < 4.78 is 12.1. The molecule has 6 heteroatoms. The van der Waals surface area contributed by atoms with E-state index in [-0.39, 0.29) is 6.10 Å². The van der Waals surface area contributed by atoms with Gasteiger partial charge in [-0.05, 0) is 49.2 Å². The maximum atomic E-state index is 5.83. The number of ether oxygens (including phenoxy) is 2. The highest BCUT2D eigenvalue weighted by Gasteiger charge is 2.12. The van der Waals surface area contributed by atoms with Gasteiger partial charge in [-0.25, -0.2) is 9.98 Å². The van der Waals surface area contributed by atoms with Gasteiger partial charge in [-0.1, -0.05) is 6.92 Å². The molecule has 0 amide bonds. The molecule has 0 N–H and O–H groups in total. The lowest BCUT2D eigenvalue weighted by Crippen LogP contribution is -2.20. The van der Waals surface area contributed by atoms with Gasteiger partial charge in [0.1, 0.15) is 6.10 Å². The average Bonchev–Trinajstić information content (AvgIpc) is 2.49. The SMILES string of the molecule is CCCOCC(C)Oc1nc(C)c(N=CN(C)CC)cc1Br. The number of hydrogen-bond acceptors (Lipinski definition) is 4. The van der Waals surface area contributed by atoms with E-state index in [0.717, 1.165) is 35.4 Å². The Bertz CT molecular complexity index is 495. The van der Waals surface area contributed by atoms with Crippen molar-refractivity contribution in [1.82, 2.24) is 9.88 Å². The third-order valence-corrected chi connectivity index (χ3v) is 3.58. The van der Waals surface area contributed by atoms with Crippen LogP contribution in [0.15, 0.2) is 15.5 Å². The van der Waals surface area contributed by atoms with E-state index in [1.807, 2.05) is 31.9 Å². The molecule has 0 aliphatic heterocycles. The minimum Gasteiger partial charge on any atom is -0.471 e. The molecule has 124 valence electrons. The summed E-state index contributed by atoms with van der Waals surface area (Å²) in [4.78, 5) is 10.9. The zero-order valence-corrected chi connectivity index (χ0v) is 15.7. The van der Waals surface area contributed by atoms with Gasteiger partial charge >= 0.3 is 0 Å². The van der Waals surface area contributed by atoms with Gasteiger partial charge in [-0.2, -0.15) is 0 Å². The minimum atomic E-state index is -0.0460. The first-order valence-electron chi connectivity index (χ1n) is 7.63. The van der Waals surface area contributed by atoms with E-state index >= 15 is 0 Å². The molecule has 0 saturated carbocycles. The smallest absolute Gasteiger partial charge is 0.228 e. The van der Waals surface area contributed by atoms with Gasteiger partial charge in [0.15, 0.2) is 0 Å². The molecule has 1 unspecified atom stereocenters. The Labute approximate surface area is 141 Å². The fourth-order valence-electron chi connectivity index (χ4n) is 1.62. The maximum Gasteiger partial charge on any atom is 0.228 e. The Morgan fingerprint density at radius 2 is 2.18 bits per heavy atom. The molecule has 0 aliphatic carbocycles. The first kappa shape index (κ1) is 18.9. The van der Waals surface area contributed by atoms with E-state index in [9.17, 15) is 0 Å². The molecule has 0 aromatic carbocycles. The fourth-order valence-corrected chi connectivity index (χ4v) is 2.02. The van der Waals surface area contributed by atoms with Crippen LogP contribution in [0.25, 0.3) is 0 Å². The van der Waals surface area contributed by atoms with Crippen LogP contribution in [0.1, 0.15) is 32.9 Å². The standard InChI is InChI=1S/C16H26BrN3O2/c1-6-8-21-10-12(3)22-16-14(17)9-15(13(4)19-16)18-11-20(5)7-2/h9,11-12H,6-8,10H2,1-5H3. The van der Waals surface area contributed by atoms with Gasteiger partial charge in [-0.15, -0.1) is 0 Å². The highest BCUT2D eigenvalue weighted by Crippen LogP contribution is 2.30. The van der Waals surface area contributed by atoms with Crippen LogP contribution in [0, 0.1) is 6.92 Å². The van der Waals surface area contributed by atoms with Crippen LogP contribution in [-0.2, 0) is 4.74 Å². The largest absolute Gasteiger partial charge is 0.471 e. The Balaban J connectivity index is 2.74. The van der Waals surface area contributed by atoms with E-state index < -0.39 is 0 Å². The van der Waals surface area contributed by atoms with Crippen molar-refractivity contribution >= 4 is 28.0 Å². The van der Waals surface area contributed by atoms with Gasteiger partial charge in [0.05, 0.1) is 28.8 Å². The zero-order valence-electron chi connectivity index (χ0n) is 14.1. The second kappa shape index (κ2) is 9.79. The predicted molar refractivity (Wildman–Crippen MR) is 94.3 cm³/mol. The first-order chi connectivity index (χ1) is 10.5. The molecule has 0 saturated heterocycles. The molecule has 1 aromatic rings. The number of rotatable bonds is 9. The van der Waals surface area contributed by atoms with Crippen molar-refractivity contribution < 1.29 is 9.47 Å². The van der Waals surface area contributed by atoms with Crippen molar-refractivity contribution in [3.05, 3.63) is 16.2 Å². The van der Waals surface area contributed by atoms with Gasteiger partial charge in [-0.3, -0.25) is 0 Å². The molecule has 0 bridgehead atoms. The maximum absolute atomic E-state index is 5.83. The summed E-state index contributed by atoms with van der Waals surface area (Å²) in [5, 5.41) is 0. The van der Waals surface area contributed by atoms with Crippen molar-refractivity contribution in [2.45, 2.75) is 40.2 Å². The zero-order chi connectivity index (χ0) is 16.5. The minimum absolute atomic E-state index is 0.0460. The Morgan fingerprint density at radius 1 is 1.45 bits per heavy atom. The summed E-state index contributed by atoms with van der Waals surface area (Å²) in [7, 11) is 1.98. The summed E-state index contributed by atoms with van der Waals surface area (Å²) >= 11 is 3.50. The number of aromatic nitrogens is 1. The number of aryl methyl sites for hydroxylation is 1. The summed E-state index contributed by atoms with van der Waals surface area (Å²) in [6.07, 6.45) is 2.76. The number of pyridine rings is 1. The van der Waals surface area contributed by atoms with E-state index in [2.05, 4.69) is 39.8 Å². The third-order valence-electron chi connectivity index (χ3n) is 3.01. The van der Waals surface area contributed by atoms with Crippen molar-refractivity contribution in [3.8, 4) is 5.88 Å². The molecule has 0 fully saturated rings. The van der Waals surface area contributed by atoms with Crippen LogP contribution >= 0.6 is 15.9 Å². The topological polar surface area (TPSA) is 47.0 Å². The Kier molecular flexibility index (Phi) is 8.42. The van der Waals surface area contributed by atoms with Crippen LogP contribution in [0.4, 0.5) is 5.69 Å². The molecule has 0 radical (unpaired) electrons. The summed E-state index contributed by atoms with van der Waals surface area (Å²) in [5.74, 6) is 0.577. The summed E-state index contributed by atoms with van der Waals surface area (Å²) in [6, 6.07) is 1.93. The molecule has 22 heavy (non-hydrogen) atoms. The summed E-state index contributed by atoms with van der Waals surface area (Å²) in [6.45, 7) is 10.3. The van der Waals surface area contributed by atoms with Gasteiger partial charge < -0.3 is 14.4 Å². The normalized spacial score (nSPS) is 12.6. The fraction of sp³-hybridized carbons (Fsp3) is 0.625. The monoisotopic (exact) mass is 371 g/mol. The second-order valence-corrected chi connectivity index (χ2v) is 6.06. The van der Waals surface area contributed by atoms with E-state index in [4.69, 9.17) is 9.47 Å². The number of nitrogens with zero attached hydrogens (tertiary/aromatic N) is 3. The van der Waals surface area contributed by atoms with Gasteiger partial charge in [0, 0.05) is 20.2 Å². The van der Waals surface area contributed by atoms with Crippen molar-refractivity contribution in [3.63, 3.8) is 0 Å². The Morgan fingerprint density at radius 3 is 2.82 bits per heavy atom. The Hall–Kier alpha value is -1.14. The molecular formula is C16H26BrN3O2. The highest BCUT2D eigenvalue weighted by atomic mass is 79.9. The van der Waals surface area contributed by atoms with Crippen LogP contribution in [0.2, 0.25) is 0 Å². The average molecular weight is 372 g/mol. The predicted octanol–water partition coefficient (Wildman–Crippen LogP) is 3.96. The van der Waals surface area contributed by atoms with Crippen molar-refractivity contribution in [2.75, 3.05) is 26.8 Å². The number of aliphatic imine (C=N–C) groups is 1. The molecule has 5 nitrogen and oxygen atoms in total. The van der Waals surface area contributed by atoms with Crippen LogP contribution in [-0.4, -0.2) is 49.1 Å². The van der Waals surface area contributed by atoms with E-state index in [1.54, 1.807) is 6.34 Å². The van der Waals surface area contributed by atoms with E-state index in [1.165, 1.54) is 0 Å². The van der Waals surface area contributed by atoms with Crippen molar-refractivity contribution in [1.29, 1.82) is 0 Å². The van der Waals surface area contributed by atoms with E-state index in [0.29, 0.717) is 12.5 Å². The molecule has 1 heterocycles. The van der Waals surface area contributed by atoms with Gasteiger partial charge in [0.2, 0.25) is 5.88 Å². The molecular weight excluding hydrogens is 346 g/mol. The quantitative estimate of drug-likeness (QED) is 0.374. The summed E-state index contributed by atoms with van der Waals surface area (Å²) in [5.41, 5.74) is 1.66. The molecule has 1 rings (SSSR count). The molecule has 0 spiro atoms. The van der Waals surface area contributed by atoms with Crippen LogP contribution in [0.5, 0.6) is 5.88 Å². The second-order valence-electron chi connectivity index (χ2n) is 5.20. The lowest BCUT2D eigenvalue weighted by Gasteiger charge is -2.16. The van der Waals surface area contributed by atoms with Crippen molar-refractivity contribution in [2.24, 2.45) is 4.99 Å². The molecule has 1 aromatic heterocycles. The number of halogens is 1. The highest BCUT2D eigenvalue weighted by molar-refractivity contribution is 9.10. The lowest BCUT2D eigenvalue weighted by molar-refractivity contribution is 0.0563. The third kappa shape index (κ3) is 6.32. The van der Waals surface area contributed by atoms with Crippen LogP contribution in [0.3, 0.4) is 0 Å². The molecule has 0 aliphatic rings. The first-order valence-corrected chi connectivity index (χ1v) is 8.43. The number of hydrogen-bond donors (Lipinski definition) is 0.